The van der Waals surface area contributed by atoms with Gasteiger partial charge in [0.05, 0.1) is 5.92 Å². The van der Waals surface area contributed by atoms with Gasteiger partial charge in [-0.05, 0) is 47.6 Å². The van der Waals surface area contributed by atoms with Crippen molar-refractivity contribution in [3.63, 3.8) is 0 Å². The number of carboxylic acids is 1. The van der Waals surface area contributed by atoms with Crippen LogP contribution in [0.15, 0.2) is 40.9 Å². The van der Waals surface area contributed by atoms with Crippen molar-refractivity contribution < 1.29 is 14.7 Å². The van der Waals surface area contributed by atoms with E-state index in [0.717, 1.165) is 34.5 Å². The summed E-state index contributed by atoms with van der Waals surface area (Å²) in [6, 6.07) is 11.8. The summed E-state index contributed by atoms with van der Waals surface area (Å²) in [5.74, 6) is -0.857. The molecule has 2 aliphatic rings. The molecule has 1 heterocycles. The lowest BCUT2D eigenvalue weighted by atomic mass is 9.90. The fourth-order valence-corrected chi connectivity index (χ4v) is 4.50. The lowest BCUT2D eigenvalue weighted by molar-refractivity contribution is -0.139. The van der Waals surface area contributed by atoms with E-state index in [1.54, 1.807) is 0 Å². The molecule has 1 aliphatic carbocycles. The van der Waals surface area contributed by atoms with Crippen molar-refractivity contribution >= 4 is 38.6 Å². The highest BCUT2D eigenvalue weighted by molar-refractivity contribution is 9.10. The number of aliphatic carboxylic acids is 1. The van der Waals surface area contributed by atoms with Gasteiger partial charge in [-0.25, -0.2) is 0 Å². The summed E-state index contributed by atoms with van der Waals surface area (Å²) in [7, 11) is 0. The van der Waals surface area contributed by atoms with Crippen LogP contribution in [-0.4, -0.2) is 35.0 Å². The van der Waals surface area contributed by atoms with Crippen molar-refractivity contribution in [2.75, 3.05) is 13.1 Å². The van der Waals surface area contributed by atoms with Crippen LogP contribution in [0.5, 0.6) is 0 Å². The minimum atomic E-state index is -0.687. The number of halogens is 1. The molecule has 124 valence electrons. The molecular weight excluding hydrogens is 370 g/mol. The van der Waals surface area contributed by atoms with E-state index in [1.165, 1.54) is 0 Å². The number of fused-ring (bicyclic) bond motifs is 1. The summed E-state index contributed by atoms with van der Waals surface area (Å²) in [5, 5.41) is 11.2. The maximum absolute atomic E-state index is 13.0. The third kappa shape index (κ3) is 2.51. The number of piperidine rings is 1. The standard InChI is InChI=1S/C19H18BrNO3/c20-13-9-12-3-1-2-4-14(12)15(10-13)17(22)21-7-5-19(6-8-21)11-16(19)18(23)24/h1-4,9-10,16H,5-8,11H2,(H,23,24). The lowest BCUT2D eigenvalue weighted by Crippen LogP contribution is -2.40. The molecule has 0 radical (unpaired) electrons. The number of amides is 1. The third-order valence-corrected chi connectivity index (χ3v) is 6.05. The molecule has 0 bridgehead atoms. The Hall–Kier alpha value is -1.88. The van der Waals surface area contributed by atoms with Gasteiger partial charge in [-0.15, -0.1) is 0 Å². The Morgan fingerprint density at radius 2 is 1.88 bits per heavy atom. The molecule has 2 aromatic carbocycles. The zero-order chi connectivity index (χ0) is 16.9. The topological polar surface area (TPSA) is 57.6 Å². The summed E-state index contributed by atoms with van der Waals surface area (Å²) in [4.78, 5) is 26.0. The number of hydrogen-bond donors (Lipinski definition) is 1. The summed E-state index contributed by atoms with van der Waals surface area (Å²) in [6.07, 6.45) is 2.35. The van der Waals surface area contributed by atoms with Crippen LogP contribution in [0.3, 0.4) is 0 Å². The average Bonchev–Trinajstić information content (AvgIpc) is 3.28. The van der Waals surface area contributed by atoms with Crippen molar-refractivity contribution in [3.8, 4) is 0 Å². The van der Waals surface area contributed by atoms with Crippen LogP contribution in [0.2, 0.25) is 0 Å². The summed E-state index contributed by atoms with van der Waals surface area (Å²) >= 11 is 3.49. The van der Waals surface area contributed by atoms with Crippen molar-refractivity contribution in [2.24, 2.45) is 11.3 Å². The van der Waals surface area contributed by atoms with Gasteiger partial charge in [-0.1, -0.05) is 40.2 Å². The Balaban J connectivity index is 1.57. The van der Waals surface area contributed by atoms with E-state index < -0.39 is 5.97 Å². The first kappa shape index (κ1) is 15.6. The number of carboxylic acid groups (broad SMARTS) is 1. The first-order valence-electron chi connectivity index (χ1n) is 8.21. The molecule has 4 rings (SSSR count). The normalized spacial score (nSPS) is 21.9. The minimum Gasteiger partial charge on any atom is -0.481 e. The third-order valence-electron chi connectivity index (χ3n) is 5.59. The van der Waals surface area contributed by atoms with Crippen LogP contribution >= 0.6 is 15.9 Å². The van der Waals surface area contributed by atoms with Gasteiger partial charge in [0.15, 0.2) is 0 Å². The largest absolute Gasteiger partial charge is 0.481 e. The molecular formula is C19H18BrNO3. The molecule has 2 aromatic rings. The Morgan fingerprint density at radius 3 is 2.54 bits per heavy atom. The number of benzene rings is 2. The zero-order valence-corrected chi connectivity index (χ0v) is 14.8. The molecule has 1 aliphatic heterocycles. The molecule has 1 saturated carbocycles. The number of carbonyl (C=O) groups excluding carboxylic acids is 1. The van der Waals surface area contributed by atoms with Gasteiger partial charge < -0.3 is 10.0 Å². The molecule has 0 aromatic heterocycles. The van der Waals surface area contributed by atoms with Crippen LogP contribution in [-0.2, 0) is 4.79 Å². The van der Waals surface area contributed by atoms with E-state index in [-0.39, 0.29) is 17.2 Å². The van der Waals surface area contributed by atoms with Gasteiger partial charge in [0, 0.05) is 23.1 Å². The van der Waals surface area contributed by atoms with E-state index in [1.807, 2.05) is 41.3 Å². The summed E-state index contributed by atoms with van der Waals surface area (Å²) in [6.45, 7) is 1.28. The van der Waals surface area contributed by atoms with E-state index in [0.29, 0.717) is 18.7 Å². The van der Waals surface area contributed by atoms with E-state index >= 15 is 0 Å². The predicted molar refractivity (Wildman–Crippen MR) is 95.0 cm³/mol. The Bertz CT molecular complexity index is 840. The van der Waals surface area contributed by atoms with Crippen LogP contribution in [0.25, 0.3) is 10.8 Å². The summed E-state index contributed by atoms with van der Waals surface area (Å²) in [5.41, 5.74) is 0.656. The quantitative estimate of drug-likeness (QED) is 0.848. The van der Waals surface area contributed by atoms with E-state index in [4.69, 9.17) is 0 Å². The SMILES string of the molecule is O=C(O)C1CC12CCN(C(=O)c1cc(Br)cc3ccccc13)CC2. The Labute approximate surface area is 148 Å². The molecule has 1 N–H and O–H groups in total. The molecule has 1 atom stereocenters. The van der Waals surface area contributed by atoms with Gasteiger partial charge >= 0.3 is 5.97 Å². The molecule has 1 saturated heterocycles. The van der Waals surface area contributed by atoms with Crippen molar-refractivity contribution in [1.82, 2.24) is 4.90 Å². The van der Waals surface area contributed by atoms with Gasteiger partial charge in [0.1, 0.15) is 0 Å². The van der Waals surface area contributed by atoms with Gasteiger partial charge in [0.25, 0.3) is 5.91 Å². The number of carbonyl (C=O) groups is 2. The number of hydrogen-bond acceptors (Lipinski definition) is 2. The highest BCUT2D eigenvalue weighted by Gasteiger charge is 2.59. The second-order valence-electron chi connectivity index (χ2n) is 6.92. The second kappa shape index (κ2) is 5.59. The van der Waals surface area contributed by atoms with Crippen molar-refractivity contribution in [1.29, 1.82) is 0 Å². The summed E-state index contributed by atoms with van der Waals surface area (Å²) < 4.78 is 0.895. The fourth-order valence-electron chi connectivity index (χ4n) is 4.03. The van der Waals surface area contributed by atoms with Crippen molar-refractivity contribution in [2.45, 2.75) is 19.3 Å². The molecule has 1 spiro atoms. The van der Waals surface area contributed by atoms with Crippen LogP contribution in [0.1, 0.15) is 29.6 Å². The van der Waals surface area contributed by atoms with Gasteiger partial charge in [-0.2, -0.15) is 0 Å². The number of nitrogens with zero attached hydrogens (tertiary/aromatic N) is 1. The highest BCUT2D eigenvalue weighted by Crippen LogP contribution is 2.59. The van der Waals surface area contributed by atoms with E-state index in [9.17, 15) is 14.7 Å². The molecule has 1 amide bonds. The maximum atomic E-state index is 13.0. The second-order valence-corrected chi connectivity index (χ2v) is 7.84. The highest BCUT2D eigenvalue weighted by atomic mass is 79.9. The van der Waals surface area contributed by atoms with Crippen LogP contribution in [0, 0.1) is 11.3 Å². The molecule has 24 heavy (non-hydrogen) atoms. The average molecular weight is 388 g/mol. The monoisotopic (exact) mass is 387 g/mol. The number of likely N-dealkylation sites (tertiary alicyclic amines) is 1. The van der Waals surface area contributed by atoms with Gasteiger partial charge in [-0.3, -0.25) is 9.59 Å². The van der Waals surface area contributed by atoms with Crippen LogP contribution < -0.4 is 0 Å². The molecule has 2 fully saturated rings. The molecule has 1 unspecified atom stereocenters. The Kier molecular flexibility index (Phi) is 3.64. The predicted octanol–water partition coefficient (Wildman–Crippen LogP) is 3.93. The maximum Gasteiger partial charge on any atom is 0.307 e. The van der Waals surface area contributed by atoms with Gasteiger partial charge in [0.2, 0.25) is 0 Å². The Morgan fingerprint density at radius 1 is 1.17 bits per heavy atom. The molecule has 4 nitrogen and oxygen atoms in total. The molecule has 5 heteroatoms. The first-order valence-corrected chi connectivity index (χ1v) is 9.00. The van der Waals surface area contributed by atoms with Crippen molar-refractivity contribution in [3.05, 3.63) is 46.4 Å². The zero-order valence-electron chi connectivity index (χ0n) is 13.2. The smallest absolute Gasteiger partial charge is 0.307 e. The fraction of sp³-hybridized carbons (Fsp3) is 0.368. The number of rotatable bonds is 2. The van der Waals surface area contributed by atoms with E-state index in [2.05, 4.69) is 15.9 Å². The van der Waals surface area contributed by atoms with Crippen LogP contribution in [0.4, 0.5) is 0 Å². The lowest BCUT2D eigenvalue weighted by Gasteiger charge is -2.33. The minimum absolute atomic E-state index is 0.0369. The first-order chi connectivity index (χ1) is 11.5.